The predicted octanol–water partition coefficient (Wildman–Crippen LogP) is 3.48. The van der Waals surface area contributed by atoms with Crippen LogP contribution >= 0.6 is 0 Å². The number of anilines is 1. The number of benzene rings is 1. The second-order valence-corrected chi connectivity index (χ2v) is 6.55. The quantitative estimate of drug-likeness (QED) is 0.908. The van der Waals surface area contributed by atoms with Crippen molar-refractivity contribution in [3.8, 4) is 11.4 Å². The third-order valence-corrected chi connectivity index (χ3v) is 4.72. The van der Waals surface area contributed by atoms with E-state index in [0.717, 1.165) is 54.0 Å². The Labute approximate surface area is 138 Å². The SMILES string of the molecule is Cc1ccc(-c2nc(C)c(C)c(NCC3CCNCC3)n2)cc1. The van der Waals surface area contributed by atoms with Crippen molar-refractivity contribution in [1.82, 2.24) is 15.3 Å². The van der Waals surface area contributed by atoms with Crippen molar-refractivity contribution < 1.29 is 0 Å². The fourth-order valence-electron chi connectivity index (χ4n) is 2.96. The molecule has 4 heteroatoms. The van der Waals surface area contributed by atoms with Crippen LogP contribution in [0.2, 0.25) is 0 Å². The van der Waals surface area contributed by atoms with Crippen LogP contribution in [0.25, 0.3) is 11.4 Å². The average Bonchev–Trinajstić information content (AvgIpc) is 2.58. The Morgan fingerprint density at radius 1 is 1.04 bits per heavy atom. The topological polar surface area (TPSA) is 49.8 Å². The zero-order chi connectivity index (χ0) is 16.2. The van der Waals surface area contributed by atoms with E-state index in [4.69, 9.17) is 4.98 Å². The fourth-order valence-corrected chi connectivity index (χ4v) is 2.96. The molecule has 1 aliphatic heterocycles. The number of piperidine rings is 1. The van der Waals surface area contributed by atoms with E-state index in [2.05, 4.69) is 60.7 Å². The first-order chi connectivity index (χ1) is 11.1. The summed E-state index contributed by atoms with van der Waals surface area (Å²) in [6.07, 6.45) is 2.47. The maximum Gasteiger partial charge on any atom is 0.161 e. The van der Waals surface area contributed by atoms with Gasteiger partial charge in [-0.15, -0.1) is 0 Å². The molecule has 23 heavy (non-hydrogen) atoms. The third kappa shape index (κ3) is 3.88. The van der Waals surface area contributed by atoms with Crippen LogP contribution in [0.3, 0.4) is 0 Å². The van der Waals surface area contributed by atoms with Crippen LogP contribution in [0, 0.1) is 26.7 Å². The summed E-state index contributed by atoms with van der Waals surface area (Å²) in [6.45, 7) is 9.50. The van der Waals surface area contributed by atoms with Gasteiger partial charge in [-0.3, -0.25) is 0 Å². The van der Waals surface area contributed by atoms with Crippen molar-refractivity contribution in [3.63, 3.8) is 0 Å². The molecule has 122 valence electrons. The number of nitrogens with one attached hydrogen (secondary N) is 2. The summed E-state index contributed by atoms with van der Waals surface area (Å²) in [6, 6.07) is 8.40. The second kappa shape index (κ2) is 7.09. The molecular formula is C19H26N4. The van der Waals surface area contributed by atoms with Crippen molar-refractivity contribution in [2.75, 3.05) is 25.0 Å². The van der Waals surface area contributed by atoms with Gasteiger partial charge in [0.25, 0.3) is 0 Å². The van der Waals surface area contributed by atoms with E-state index in [-0.39, 0.29) is 0 Å². The maximum absolute atomic E-state index is 4.78. The van der Waals surface area contributed by atoms with E-state index in [1.54, 1.807) is 0 Å². The van der Waals surface area contributed by atoms with Gasteiger partial charge in [0.15, 0.2) is 5.82 Å². The first kappa shape index (κ1) is 15.9. The molecule has 2 aromatic rings. The molecule has 0 atom stereocenters. The zero-order valence-electron chi connectivity index (χ0n) is 14.3. The minimum atomic E-state index is 0.730. The number of hydrogen-bond donors (Lipinski definition) is 2. The molecular weight excluding hydrogens is 284 g/mol. The molecule has 0 aliphatic carbocycles. The van der Waals surface area contributed by atoms with Crippen LogP contribution in [0.4, 0.5) is 5.82 Å². The average molecular weight is 310 g/mol. The number of aromatic nitrogens is 2. The van der Waals surface area contributed by atoms with Gasteiger partial charge in [0.1, 0.15) is 5.82 Å². The Morgan fingerprint density at radius 2 is 1.74 bits per heavy atom. The highest BCUT2D eigenvalue weighted by Gasteiger charge is 2.15. The number of hydrogen-bond acceptors (Lipinski definition) is 4. The standard InChI is InChI=1S/C19H26N4/c1-13-4-6-17(7-5-13)19-22-15(3)14(2)18(23-19)21-12-16-8-10-20-11-9-16/h4-7,16,20H,8-12H2,1-3H3,(H,21,22,23). The number of aryl methyl sites for hydroxylation is 2. The molecule has 0 bridgehead atoms. The zero-order valence-corrected chi connectivity index (χ0v) is 14.3. The van der Waals surface area contributed by atoms with E-state index in [0.29, 0.717) is 0 Å². The lowest BCUT2D eigenvalue weighted by atomic mass is 9.98. The molecule has 0 unspecified atom stereocenters. The molecule has 0 amide bonds. The first-order valence-electron chi connectivity index (χ1n) is 8.50. The van der Waals surface area contributed by atoms with Crippen LogP contribution in [0.1, 0.15) is 29.7 Å². The normalized spacial score (nSPS) is 15.6. The highest BCUT2D eigenvalue weighted by Crippen LogP contribution is 2.23. The molecule has 1 aromatic carbocycles. The molecule has 4 nitrogen and oxygen atoms in total. The number of nitrogens with zero attached hydrogens (tertiary/aromatic N) is 2. The van der Waals surface area contributed by atoms with Crippen molar-refractivity contribution in [1.29, 1.82) is 0 Å². The van der Waals surface area contributed by atoms with Crippen LogP contribution < -0.4 is 10.6 Å². The van der Waals surface area contributed by atoms with Gasteiger partial charge in [-0.05, 0) is 52.6 Å². The third-order valence-electron chi connectivity index (χ3n) is 4.72. The fraction of sp³-hybridized carbons (Fsp3) is 0.474. The van der Waals surface area contributed by atoms with Gasteiger partial charge < -0.3 is 10.6 Å². The smallest absolute Gasteiger partial charge is 0.161 e. The van der Waals surface area contributed by atoms with Crippen LogP contribution in [0.15, 0.2) is 24.3 Å². The van der Waals surface area contributed by atoms with E-state index >= 15 is 0 Å². The number of rotatable bonds is 4. The summed E-state index contributed by atoms with van der Waals surface area (Å²) < 4.78 is 0. The predicted molar refractivity (Wildman–Crippen MR) is 95.8 cm³/mol. The molecule has 2 N–H and O–H groups in total. The van der Waals surface area contributed by atoms with Crippen molar-refractivity contribution in [2.24, 2.45) is 5.92 Å². The van der Waals surface area contributed by atoms with Crippen molar-refractivity contribution >= 4 is 5.82 Å². The van der Waals surface area contributed by atoms with E-state index < -0.39 is 0 Å². The lowest BCUT2D eigenvalue weighted by molar-refractivity contribution is 0.389. The van der Waals surface area contributed by atoms with Crippen LogP contribution in [-0.4, -0.2) is 29.6 Å². The van der Waals surface area contributed by atoms with E-state index in [1.807, 2.05) is 0 Å². The summed E-state index contributed by atoms with van der Waals surface area (Å²) >= 11 is 0. The first-order valence-corrected chi connectivity index (χ1v) is 8.50. The highest BCUT2D eigenvalue weighted by atomic mass is 15.0. The molecule has 3 rings (SSSR count). The summed E-state index contributed by atoms with van der Waals surface area (Å²) in [7, 11) is 0. The molecule has 1 aliphatic rings. The largest absolute Gasteiger partial charge is 0.369 e. The Morgan fingerprint density at radius 3 is 2.43 bits per heavy atom. The molecule has 2 heterocycles. The molecule has 0 spiro atoms. The molecule has 0 saturated carbocycles. The second-order valence-electron chi connectivity index (χ2n) is 6.55. The van der Waals surface area contributed by atoms with Gasteiger partial charge in [-0.25, -0.2) is 9.97 Å². The Balaban J connectivity index is 1.80. The maximum atomic E-state index is 4.78. The Bertz CT molecular complexity index is 658. The molecule has 1 aromatic heterocycles. The lowest BCUT2D eigenvalue weighted by Gasteiger charge is -2.23. The summed E-state index contributed by atoms with van der Waals surface area (Å²) in [4.78, 5) is 9.45. The summed E-state index contributed by atoms with van der Waals surface area (Å²) in [5, 5.41) is 6.98. The minimum absolute atomic E-state index is 0.730. The lowest BCUT2D eigenvalue weighted by Crippen LogP contribution is -2.31. The van der Waals surface area contributed by atoms with Gasteiger partial charge >= 0.3 is 0 Å². The van der Waals surface area contributed by atoms with E-state index in [9.17, 15) is 0 Å². The minimum Gasteiger partial charge on any atom is -0.369 e. The Hall–Kier alpha value is -1.94. The van der Waals surface area contributed by atoms with Gasteiger partial charge in [0, 0.05) is 23.4 Å². The van der Waals surface area contributed by atoms with Crippen molar-refractivity contribution in [2.45, 2.75) is 33.6 Å². The van der Waals surface area contributed by atoms with Crippen LogP contribution in [0.5, 0.6) is 0 Å². The summed E-state index contributed by atoms with van der Waals surface area (Å²) in [5.74, 6) is 2.52. The highest BCUT2D eigenvalue weighted by molar-refractivity contribution is 5.60. The Kier molecular flexibility index (Phi) is 4.91. The van der Waals surface area contributed by atoms with Gasteiger partial charge in [-0.1, -0.05) is 29.8 Å². The monoisotopic (exact) mass is 310 g/mol. The van der Waals surface area contributed by atoms with Gasteiger partial charge in [-0.2, -0.15) is 0 Å². The van der Waals surface area contributed by atoms with Gasteiger partial charge in [0.2, 0.25) is 0 Å². The van der Waals surface area contributed by atoms with Gasteiger partial charge in [0.05, 0.1) is 0 Å². The van der Waals surface area contributed by atoms with Crippen LogP contribution in [-0.2, 0) is 0 Å². The molecule has 1 saturated heterocycles. The van der Waals surface area contributed by atoms with E-state index in [1.165, 1.54) is 18.4 Å². The van der Waals surface area contributed by atoms with Crippen molar-refractivity contribution in [3.05, 3.63) is 41.1 Å². The summed E-state index contributed by atoms with van der Waals surface area (Å²) in [5.41, 5.74) is 4.52. The molecule has 0 radical (unpaired) electrons. The molecule has 1 fully saturated rings.